The molecule has 0 spiro atoms. The summed E-state index contributed by atoms with van der Waals surface area (Å²) in [4.78, 5) is 17.4. The third-order valence-electron chi connectivity index (χ3n) is 3.63. The van der Waals surface area contributed by atoms with Gasteiger partial charge in [0.25, 0.3) is 0 Å². The average Bonchev–Trinajstić information content (AvgIpc) is 2.98. The van der Waals surface area contributed by atoms with Gasteiger partial charge in [-0.05, 0) is 31.5 Å². The Morgan fingerprint density at radius 3 is 2.46 bits per heavy atom. The Morgan fingerprint density at radius 1 is 1.12 bits per heavy atom. The van der Waals surface area contributed by atoms with Crippen LogP contribution in [-0.2, 0) is 4.74 Å². The Bertz CT molecular complexity index is 844. The first kappa shape index (κ1) is 16.3. The number of halogens is 1. The van der Waals surface area contributed by atoms with Crippen molar-refractivity contribution < 1.29 is 13.9 Å². The van der Waals surface area contributed by atoms with E-state index in [1.165, 1.54) is 23.5 Å². The van der Waals surface area contributed by atoms with Gasteiger partial charge in [-0.3, -0.25) is 0 Å². The van der Waals surface area contributed by atoms with Crippen LogP contribution in [0.3, 0.4) is 0 Å². The highest BCUT2D eigenvalue weighted by Gasteiger charge is 2.20. The molecule has 0 aliphatic carbocycles. The Kier molecular flexibility index (Phi) is 4.71. The maximum absolute atomic E-state index is 13.0. The number of hydrogen-bond acceptors (Lipinski definition) is 4. The topological polar surface area (TPSA) is 39.2 Å². The highest BCUT2D eigenvalue weighted by atomic mass is 32.1. The summed E-state index contributed by atoms with van der Waals surface area (Å²) in [6.07, 6.45) is -0.459. The number of aromatic nitrogens is 1. The zero-order valence-corrected chi connectivity index (χ0v) is 14.1. The number of thiazole rings is 1. The summed E-state index contributed by atoms with van der Waals surface area (Å²) in [6, 6.07) is 15.6. The van der Waals surface area contributed by atoms with Gasteiger partial charge in [0, 0.05) is 5.56 Å². The Morgan fingerprint density at radius 2 is 1.79 bits per heavy atom. The van der Waals surface area contributed by atoms with Crippen molar-refractivity contribution in [2.24, 2.45) is 0 Å². The second kappa shape index (κ2) is 6.93. The first-order valence-electron chi connectivity index (χ1n) is 7.54. The number of carbonyl (C=O) groups excluding carboxylic acids is 1. The van der Waals surface area contributed by atoms with E-state index in [4.69, 9.17) is 4.74 Å². The molecule has 0 fully saturated rings. The minimum absolute atomic E-state index is 0.317. The van der Waals surface area contributed by atoms with Crippen molar-refractivity contribution in [3.8, 4) is 10.6 Å². The number of esters is 1. The largest absolute Gasteiger partial charge is 0.454 e. The molecule has 0 aliphatic rings. The van der Waals surface area contributed by atoms with Gasteiger partial charge in [-0.2, -0.15) is 0 Å². The molecule has 0 saturated heterocycles. The molecule has 0 bridgehead atoms. The van der Waals surface area contributed by atoms with Crippen molar-refractivity contribution in [2.45, 2.75) is 20.0 Å². The van der Waals surface area contributed by atoms with Gasteiger partial charge in [0.2, 0.25) is 0 Å². The molecule has 0 amide bonds. The van der Waals surface area contributed by atoms with E-state index in [-0.39, 0.29) is 5.82 Å². The summed E-state index contributed by atoms with van der Waals surface area (Å²) in [5, 5.41) is 0.787. The minimum atomic E-state index is -0.459. The van der Waals surface area contributed by atoms with Crippen LogP contribution in [0.25, 0.3) is 10.6 Å². The van der Waals surface area contributed by atoms with Crippen LogP contribution < -0.4 is 0 Å². The van der Waals surface area contributed by atoms with Gasteiger partial charge in [0.1, 0.15) is 21.8 Å². The van der Waals surface area contributed by atoms with Crippen LogP contribution >= 0.6 is 11.3 Å². The molecule has 0 aliphatic heterocycles. The van der Waals surface area contributed by atoms with E-state index in [0.717, 1.165) is 16.1 Å². The summed E-state index contributed by atoms with van der Waals surface area (Å²) in [5.74, 6) is -0.730. The van der Waals surface area contributed by atoms with Crippen molar-refractivity contribution in [1.82, 2.24) is 4.98 Å². The summed E-state index contributed by atoms with van der Waals surface area (Å²) >= 11 is 1.31. The fraction of sp³-hybridized carbons (Fsp3) is 0.158. The normalized spacial score (nSPS) is 12.0. The lowest BCUT2D eigenvalue weighted by Crippen LogP contribution is -2.09. The van der Waals surface area contributed by atoms with E-state index in [0.29, 0.717) is 10.6 Å². The third-order valence-corrected chi connectivity index (χ3v) is 4.81. The van der Waals surface area contributed by atoms with Crippen LogP contribution in [0.15, 0.2) is 54.6 Å². The molecule has 122 valence electrons. The van der Waals surface area contributed by atoms with Gasteiger partial charge in [0.05, 0.1) is 5.69 Å². The Labute approximate surface area is 143 Å². The number of hydrogen-bond donors (Lipinski definition) is 0. The molecule has 0 radical (unpaired) electrons. The smallest absolute Gasteiger partial charge is 0.350 e. The summed E-state index contributed by atoms with van der Waals surface area (Å²) in [6.45, 7) is 3.56. The van der Waals surface area contributed by atoms with Crippen LogP contribution in [0.5, 0.6) is 0 Å². The van der Waals surface area contributed by atoms with Crippen LogP contribution in [0.4, 0.5) is 4.39 Å². The van der Waals surface area contributed by atoms with Crippen LogP contribution in [0.2, 0.25) is 0 Å². The summed E-state index contributed by atoms with van der Waals surface area (Å²) in [5.41, 5.74) is 2.36. The first-order chi connectivity index (χ1) is 11.5. The van der Waals surface area contributed by atoms with E-state index < -0.39 is 12.1 Å². The highest BCUT2D eigenvalue weighted by molar-refractivity contribution is 7.17. The maximum atomic E-state index is 13.0. The first-order valence-corrected chi connectivity index (χ1v) is 8.35. The maximum Gasteiger partial charge on any atom is 0.350 e. The van der Waals surface area contributed by atoms with Gasteiger partial charge in [-0.15, -0.1) is 11.3 Å². The monoisotopic (exact) mass is 341 g/mol. The van der Waals surface area contributed by atoms with Gasteiger partial charge in [0.15, 0.2) is 0 Å². The van der Waals surface area contributed by atoms with Crippen LogP contribution in [0, 0.1) is 12.7 Å². The molecule has 24 heavy (non-hydrogen) atoms. The molecule has 0 saturated carbocycles. The molecule has 0 unspecified atom stereocenters. The zero-order valence-electron chi connectivity index (χ0n) is 13.3. The lowest BCUT2D eigenvalue weighted by Gasteiger charge is -2.13. The number of benzene rings is 2. The predicted molar refractivity (Wildman–Crippen MR) is 92.5 cm³/mol. The molecule has 3 nitrogen and oxygen atoms in total. The van der Waals surface area contributed by atoms with E-state index >= 15 is 0 Å². The van der Waals surface area contributed by atoms with Gasteiger partial charge >= 0.3 is 5.97 Å². The van der Waals surface area contributed by atoms with Gasteiger partial charge < -0.3 is 4.74 Å². The molecule has 2 aromatic carbocycles. The van der Waals surface area contributed by atoms with E-state index in [9.17, 15) is 9.18 Å². The quantitative estimate of drug-likeness (QED) is 0.614. The van der Waals surface area contributed by atoms with Crippen LogP contribution in [-0.4, -0.2) is 11.0 Å². The molecule has 3 aromatic rings. The van der Waals surface area contributed by atoms with E-state index in [2.05, 4.69) is 4.98 Å². The van der Waals surface area contributed by atoms with E-state index in [1.807, 2.05) is 30.3 Å². The van der Waals surface area contributed by atoms with Crippen LogP contribution in [0.1, 0.15) is 34.0 Å². The number of aryl methyl sites for hydroxylation is 1. The van der Waals surface area contributed by atoms with Gasteiger partial charge in [-0.1, -0.05) is 42.5 Å². The molecule has 0 N–H and O–H groups in total. The van der Waals surface area contributed by atoms with Crippen molar-refractivity contribution in [3.05, 3.63) is 76.5 Å². The molecule has 5 heteroatoms. The lowest BCUT2D eigenvalue weighted by atomic mass is 10.1. The number of carbonyl (C=O) groups is 1. The molecule has 1 aromatic heterocycles. The van der Waals surface area contributed by atoms with Crippen molar-refractivity contribution >= 4 is 17.3 Å². The fourth-order valence-electron chi connectivity index (χ4n) is 2.31. The lowest BCUT2D eigenvalue weighted by molar-refractivity contribution is 0.0342. The summed E-state index contributed by atoms with van der Waals surface area (Å²) < 4.78 is 18.5. The minimum Gasteiger partial charge on any atom is -0.454 e. The molecule has 3 rings (SSSR count). The second-order valence-electron chi connectivity index (χ2n) is 5.40. The molecule has 1 heterocycles. The standard InChI is InChI=1S/C19H16FNO2S/c1-12-17(24-18(21-12)15-6-4-3-5-7-15)19(22)23-13(2)14-8-10-16(20)11-9-14/h3-11,13H,1-2H3/t13-/m1/s1. The van der Waals surface area contributed by atoms with E-state index in [1.54, 1.807) is 26.0 Å². The third kappa shape index (κ3) is 3.51. The SMILES string of the molecule is Cc1nc(-c2ccccc2)sc1C(=O)O[C@H](C)c1ccc(F)cc1. The number of nitrogens with zero attached hydrogens (tertiary/aromatic N) is 1. The fourth-order valence-corrected chi connectivity index (χ4v) is 3.26. The highest BCUT2D eigenvalue weighted by Crippen LogP contribution is 2.29. The number of rotatable bonds is 4. The van der Waals surface area contributed by atoms with Crippen molar-refractivity contribution in [3.63, 3.8) is 0 Å². The molecule has 1 atom stereocenters. The average molecular weight is 341 g/mol. The predicted octanol–water partition coefficient (Wildman–Crippen LogP) is 5.18. The Balaban J connectivity index is 1.78. The Hall–Kier alpha value is -2.53. The molecular weight excluding hydrogens is 325 g/mol. The molecular formula is C19H16FNO2S. The van der Waals surface area contributed by atoms with Gasteiger partial charge in [-0.25, -0.2) is 14.2 Å². The second-order valence-corrected chi connectivity index (χ2v) is 6.40. The zero-order chi connectivity index (χ0) is 17.1. The van der Waals surface area contributed by atoms with Crippen molar-refractivity contribution in [2.75, 3.05) is 0 Å². The van der Waals surface area contributed by atoms with Crippen molar-refractivity contribution in [1.29, 1.82) is 0 Å². The number of ether oxygens (including phenoxy) is 1. The summed E-state index contributed by atoms with van der Waals surface area (Å²) in [7, 11) is 0.